The van der Waals surface area contributed by atoms with Crippen molar-refractivity contribution in [2.45, 2.75) is 6.92 Å². The summed E-state index contributed by atoms with van der Waals surface area (Å²) in [6.07, 6.45) is 3.23. The van der Waals surface area contributed by atoms with E-state index in [1.165, 1.54) is 6.08 Å². The van der Waals surface area contributed by atoms with Crippen LogP contribution in [0.15, 0.2) is 48.5 Å². The zero-order valence-corrected chi connectivity index (χ0v) is 11.9. The Morgan fingerprint density at radius 1 is 1.11 bits per heavy atom. The molecule has 0 aliphatic heterocycles. The number of benzene rings is 2. The van der Waals surface area contributed by atoms with Crippen molar-refractivity contribution < 1.29 is 4.79 Å². The van der Waals surface area contributed by atoms with Gasteiger partial charge in [-0.05, 0) is 42.3 Å². The van der Waals surface area contributed by atoms with Crippen molar-refractivity contribution in [1.82, 2.24) is 0 Å². The van der Waals surface area contributed by atoms with E-state index >= 15 is 0 Å². The van der Waals surface area contributed by atoms with Crippen LogP contribution in [-0.2, 0) is 0 Å². The Morgan fingerprint density at radius 3 is 2.53 bits per heavy atom. The lowest BCUT2D eigenvalue weighted by Gasteiger charge is -2.01. The summed E-state index contributed by atoms with van der Waals surface area (Å²) in [5.41, 5.74) is 2.43. The largest absolute Gasteiger partial charge is 0.289 e. The highest BCUT2D eigenvalue weighted by atomic mass is 35.5. The first kappa shape index (κ1) is 13.9. The molecule has 2 rings (SSSR count). The van der Waals surface area contributed by atoms with Gasteiger partial charge in [-0.15, -0.1) is 0 Å². The Hall–Kier alpha value is -1.57. The fourth-order valence-corrected chi connectivity index (χ4v) is 2.21. The number of aryl methyl sites for hydroxylation is 1. The maximum atomic E-state index is 12.1. The highest BCUT2D eigenvalue weighted by Crippen LogP contribution is 2.22. The van der Waals surface area contributed by atoms with Gasteiger partial charge >= 0.3 is 0 Å². The van der Waals surface area contributed by atoms with Gasteiger partial charge in [0.2, 0.25) is 0 Å². The number of ketones is 1. The molecule has 0 heterocycles. The van der Waals surface area contributed by atoms with Gasteiger partial charge in [-0.25, -0.2) is 0 Å². The van der Waals surface area contributed by atoms with Gasteiger partial charge in [0.05, 0.1) is 0 Å². The van der Waals surface area contributed by atoms with Gasteiger partial charge in [0.1, 0.15) is 0 Å². The van der Waals surface area contributed by atoms with Crippen molar-refractivity contribution >= 4 is 35.1 Å². The van der Waals surface area contributed by atoms with E-state index in [4.69, 9.17) is 23.2 Å². The van der Waals surface area contributed by atoms with E-state index in [0.717, 1.165) is 11.1 Å². The molecule has 0 aliphatic carbocycles. The molecule has 0 N–H and O–H groups in total. The van der Waals surface area contributed by atoms with E-state index in [0.29, 0.717) is 15.6 Å². The molecule has 0 fully saturated rings. The van der Waals surface area contributed by atoms with E-state index in [2.05, 4.69) is 0 Å². The Kier molecular flexibility index (Phi) is 4.41. The van der Waals surface area contributed by atoms with E-state index < -0.39 is 0 Å². The van der Waals surface area contributed by atoms with Gasteiger partial charge in [-0.2, -0.15) is 0 Å². The van der Waals surface area contributed by atoms with Crippen LogP contribution in [0.5, 0.6) is 0 Å². The number of hydrogen-bond donors (Lipinski definition) is 0. The number of carbonyl (C=O) groups is 1. The third-order valence-electron chi connectivity index (χ3n) is 2.79. The van der Waals surface area contributed by atoms with Crippen LogP contribution in [0, 0.1) is 6.92 Å². The van der Waals surface area contributed by atoms with Crippen LogP contribution in [0.3, 0.4) is 0 Å². The van der Waals surface area contributed by atoms with Crippen LogP contribution < -0.4 is 0 Å². The van der Waals surface area contributed by atoms with Gasteiger partial charge in [0, 0.05) is 15.6 Å². The van der Waals surface area contributed by atoms with Crippen molar-refractivity contribution in [3.05, 3.63) is 75.3 Å². The van der Waals surface area contributed by atoms with Crippen LogP contribution >= 0.6 is 23.2 Å². The summed E-state index contributed by atoms with van der Waals surface area (Å²) in [4.78, 5) is 12.1. The summed E-state index contributed by atoms with van der Waals surface area (Å²) in [6.45, 7) is 1.91. The van der Waals surface area contributed by atoms with Gasteiger partial charge in [-0.3, -0.25) is 4.79 Å². The Labute approximate surface area is 122 Å². The number of allylic oxidation sites excluding steroid dienone is 1. The van der Waals surface area contributed by atoms with Crippen LogP contribution in [0.4, 0.5) is 0 Å². The first-order chi connectivity index (χ1) is 9.08. The molecule has 0 atom stereocenters. The number of halogens is 2. The Balaban J connectivity index is 2.24. The maximum Gasteiger partial charge on any atom is 0.186 e. The summed E-state index contributed by atoms with van der Waals surface area (Å²) >= 11 is 11.9. The summed E-state index contributed by atoms with van der Waals surface area (Å²) in [5, 5.41) is 1.11. The van der Waals surface area contributed by atoms with E-state index in [9.17, 15) is 4.79 Å². The van der Waals surface area contributed by atoms with Crippen LogP contribution in [-0.4, -0.2) is 5.78 Å². The number of rotatable bonds is 3. The summed E-state index contributed by atoms with van der Waals surface area (Å²) in [6, 6.07) is 12.7. The van der Waals surface area contributed by atoms with Gasteiger partial charge in [-0.1, -0.05) is 53.5 Å². The normalized spacial score (nSPS) is 10.9. The fourth-order valence-electron chi connectivity index (χ4n) is 1.74. The smallest absolute Gasteiger partial charge is 0.186 e. The second-order valence-electron chi connectivity index (χ2n) is 4.18. The van der Waals surface area contributed by atoms with E-state index in [1.54, 1.807) is 24.3 Å². The average molecular weight is 291 g/mol. The predicted octanol–water partition coefficient (Wildman–Crippen LogP) is 5.20. The molecule has 0 unspecified atom stereocenters. The molecular formula is C16H12Cl2O. The highest BCUT2D eigenvalue weighted by molar-refractivity contribution is 6.35. The zero-order chi connectivity index (χ0) is 13.8. The fraction of sp³-hybridized carbons (Fsp3) is 0.0625. The third kappa shape index (κ3) is 3.46. The van der Waals surface area contributed by atoms with Crippen molar-refractivity contribution in [3.8, 4) is 0 Å². The monoisotopic (exact) mass is 290 g/mol. The molecular weight excluding hydrogens is 279 g/mol. The number of hydrogen-bond acceptors (Lipinski definition) is 1. The molecule has 0 bridgehead atoms. The first-order valence-corrected chi connectivity index (χ1v) is 6.56. The average Bonchev–Trinajstić information content (AvgIpc) is 2.38. The molecule has 0 saturated carbocycles. The van der Waals surface area contributed by atoms with Crippen molar-refractivity contribution in [1.29, 1.82) is 0 Å². The number of carbonyl (C=O) groups excluding carboxylic acids is 1. The molecule has 1 nitrogen and oxygen atoms in total. The minimum atomic E-state index is -0.0379. The van der Waals surface area contributed by atoms with Crippen molar-refractivity contribution in [2.24, 2.45) is 0 Å². The lowest BCUT2D eigenvalue weighted by molar-refractivity contribution is 0.104. The molecule has 2 aromatic carbocycles. The predicted molar refractivity (Wildman–Crippen MR) is 81.0 cm³/mol. The summed E-state index contributed by atoms with van der Waals surface area (Å²) in [5.74, 6) is -0.0379. The molecule has 96 valence electrons. The lowest BCUT2D eigenvalue weighted by atomic mass is 10.0. The van der Waals surface area contributed by atoms with E-state index in [-0.39, 0.29) is 5.78 Å². The topological polar surface area (TPSA) is 17.1 Å². The molecule has 0 amide bonds. The molecule has 0 radical (unpaired) electrons. The summed E-state index contributed by atoms with van der Waals surface area (Å²) < 4.78 is 0. The van der Waals surface area contributed by atoms with Crippen LogP contribution in [0.2, 0.25) is 10.0 Å². The van der Waals surface area contributed by atoms with E-state index in [1.807, 2.05) is 31.2 Å². The summed E-state index contributed by atoms with van der Waals surface area (Å²) in [7, 11) is 0. The Morgan fingerprint density at radius 2 is 1.84 bits per heavy atom. The first-order valence-electron chi connectivity index (χ1n) is 5.81. The second kappa shape index (κ2) is 6.05. The van der Waals surface area contributed by atoms with Crippen molar-refractivity contribution in [3.63, 3.8) is 0 Å². The van der Waals surface area contributed by atoms with Crippen molar-refractivity contribution in [2.75, 3.05) is 0 Å². The van der Waals surface area contributed by atoms with Gasteiger partial charge in [0.25, 0.3) is 0 Å². The molecule has 0 spiro atoms. The minimum Gasteiger partial charge on any atom is -0.289 e. The Bertz CT molecular complexity index is 645. The highest BCUT2D eigenvalue weighted by Gasteiger charge is 2.05. The quantitative estimate of drug-likeness (QED) is 0.561. The van der Waals surface area contributed by atoms with Crippen LogP contribution in [0.1, 0.15) is 21.5 Å². The van der Waals surface area contributed by atoms with Crippen LogP contribution in [0.25, 0.3) is 6.08 Å². The lowest BCUT2D eigenvalue weighted by Crippen LogP contribution is -1.96. The minimum absolute atomic E-state index is 0.0379. The van der Waals surface area contributed by atoms with Gasteiger partial charge in [0.15, 0.2) is 5.78 Å². The molecule has 0 aromatic heterocycles. The molecule has 3 heteroatoms. The molecule has 0 aliphatic rings. The third-order valence-corrected chi connectivity index (χ3v) is 3.35. The maximum absolute atomic E-state index is 12.1. The zero-order valence-electron chi connectivity index (χ0n) is 10.4. The SMILES string of the molecule is Cc1ccccc1C(=O)C=Cc1ccc(Cl)cc1Cl. The molecule has 2 aromatic rings. The molecule has 19 heavy (non-hydrogen) atoms. The standard InChI is InChI=1S/C16H12Cl2O/c1-11-4-2-3-5-14(11)16(19)9-7-12-6-8-13(17)10-15(12)18/h2-10H,1H3. The molecule has 0 saturated heterocycles. The second-order valence-corrected chi connectivity index (χ2v) is 5.02. The van der Waals surface area contributed by atoms with Gasteiger partial charge < -0.3 is 0 Å².